The molecule has 1 atom stereocenters. The molecule has 0 bridgehead atoms. The van der Waals surface area contributed by atoms with Gasteiger partial charge in [-0.2, -0.15) is 5.10 Å². The topological polar surface area (TPSA) is 99.4 Å². The number of hydrogen-bond donors (Lipinski definition) is 2. The zero-order valence-electron chi connectivity index (χ0n) is 11.6. The van der Waals surface area contributed by atoms with Crippen molar-refractivity contribution in [2.24, 2.45) is 12.8 Å². The summed E-state index contributed by atoms with van der Waals surface area (Å²) in [6.45, 7) is 5.48. The van der Waals surface area contributed by atoms with Gasteiger partial charge >= 0.3 is 0 Å². The number of nitrogen functional groups attached to an aromatic ring is 1. The lowest BCUT2D eigenvalue weighted by atomic mass is 10.1. The third kappa shape index (κ3) is 2.37. The Kier molecular flexibility index (Phi) is 3.66. The number of aryl methyl sites for hydroxylation is 1. The van der Waals surface area contributed by atoms with Gasteiger partial charge in [-0.15, -0.1) is 0 Å². The third-order valence-corrected chi connectivity index (χ3v) is 3.36. The number of ether oxygens (including phenoxy) is 1. The molecule has 0 spiro atoms. The Hall–Kier alpha value is -1.76. The molecule has 7 heteroatoms. The fraction of sp³-hybridized carbons (Fsp3) is 0.667. The van der Waals surface area contributed by atoms with E-state index in [-0.39, 0.29) is 12.5 Å². The number of amides is 1. The van der Waals surface area contributed by atoms with Crippen molar-refractivity contribution in [1.82, 2.24) is 9.78 Å². The Bertz CT molecular complexity index is 483. The van der Waals surface area contributed by atoms with Crippen LogP contribution in [-0.2, 0) is 16.6 Å². The maximum atomic E-state index is 11.5. The van der Waals surface area contributed by atoms with Gasteiger partial charge in [0.1, 0.15) is 6.04 Å². The van der Waals surface area contributed by atoms with Crippen LogP contribution < -0.4 is 16.4 Å². The number of carbonyl (C=O) groups is 1. The van der Waals surface area contributed by atoms with Gasteiger partial charge in [0.15, 0.2) is 5.82 Å². The Morgan fingerprint density at radius 2 is 2.21 bits per heavy atom. The SMILES string of the molecule is CC(C)c1nn(C)c(N2CCOCC2C(N)=O)c1N. The lowest BCUT2D eigenvalue weighted by Gasteiger charge is -2.35. The number of rotatable bonds is 3. The molecular formula is C12H21N5O2. The van der Waals surface area contributed by atoms with E-state index in [1.54, 1.807) is 4.68 Å². The minimum atomic E-state index is -0.494. The first-order valence-corrected chi connectivity index (χ1v) is 6.39. The number of hydrogen-bond acceptors (Lipinski definition) is 5. The number of anilines is 2. The third-order valence-electron chi connectivity index (χ3n) is 3.36. The van der Waals surface area contributed by atoms with Gasteiger partial charge in [0, 0.05) is 13.6 Å². The number of nitrogens with two attached hydrogens (primary N) is 2. The molecule has 1 saturated heterocycles. The van der Waals surface area contributed by atoms with Gasteiger partial charge < -0.3 is 21.1 Å². The molecule has 1 aliphatic rings. The first-order chi connectivity index (χ1) is 8.93. The second-order valence-electron chi connectivity index (χ2n) is 5.09. The van der Waals surface area contributed by atoms with Crippen LogP contribution in [0.15, 0.2) is 0 Å². The quantitative estimate of drug-likeness (QED) is 0.791. The van der Waals surface area contributed by atoms with E-state index >= 15 is 0 Å². The molecule has 2 heterocycles. The molecule has 4 N–H and O–H groups in total. The average molecular weight is 267 g/mol. The maximum Gasteiger partial charge on any atom is 0.242 e. The van der Waals surface area contributed by atoms with Crippen molar-refractivity contribution in [2.45, 2.75) is 25.8 Å². The second kappa shape index (κ2) is 5.08. The summed E-state index contributed by atoms with van der Waals surface area (Å²) in [5.74, 6) is 0.565. The van der Waals surface area contributed by atoms with Crippen LogP contribution in [0.3, 0.4) is 0 Å². The molecule has 1 amide bonds. The number of morpholine rings is 1. The molecule has 1 unspecified atom stereocenters. The molecule has 7 nitrogen and oxygen atoms in total. The molecule has 2 rings (SSSR count). The molecule has 0 aliphatic carbocycles. The van der Waals surface area contributed by atoms with Crippen molar-refractivity contribution < 1.29 is 9.53 Å². The highest BCUT2D eigenvalue weighted by molar-refractivity contribution is 5.85. The molecule has 0 radical (unpaired) electrons. The van der Waals surface area contributed by atoms with Crippen molar-refractivity contribution in [2.75, 3.05) is 30.4 Å². The van der Waals surface area contributed by atoms with E-state index < -0.39 is 11.9 Å². The van der Waals surface area contributed by atoms with Crippen molar-refractivity contribution in [1.29, 1.82) is 0 Å². The van der Waals surface area contributed by atoms with Crippen molar-refractivity contribution in [3.63, 3.8) is 0 Å². The molecule has 1 aromatic rings. The zero-order valence-corrected chi connectivity index (χ0v) is 11.6. The fourth-order valence-electron chi connectivity index (χ4n) is 2.41. The summed E-state index contributed by atoms with van der Waals surface area (Å²) in [7, 11) is 1.82. The summed E-state index contributed by atoms with van der Waals surface area (Å²) in [5, 5.41) is 4.44. The highest BCUT2D eigenvalue weighted by Gasteiger charge is 2.32. The molecule has 106 valence electrons. The Morgan fingerprint density at radius 3 is 2.74 bits per heavy atom. The van der Waals surface area contributed by atoms with Crippen LogP contribution in [0.2, 0.25) is 0 Å². The summed E-state index contributed by atoms with van der Waals surface area (Å²) in [6, 6.07) is -0.494. The first kappa shape index (κ1) is 13.7. The number of primary amides is 1. The molecule has 0 saturated carbocycles. The van der Waals surface area contributed by atoms with Crippen LogP contribution in [0, 0.1) is 0 Å². The van der Waals surface area contributed by atoms with Crippen LogP contribution in [0.4, 0.5) is 11.5 Å². The van der Waals surface area contributed by atoms with Gasteiger partial charge in [-0.3, -0.25) is 9.48 Å². The average Bonchev–Trinajstić information content (AvgIpc) is 2.65. The smallest absolute Gasteiger partial charge is 0.242 e. The number of aromatic nitrogens is 2. The van der Waals surface area contributed by atoms with Gasteiger partial charge in [-0.25, -0.2) is 0 Å². The van der Waals surface area contributed by atoms with E-state index in [9.17, 15) is 4.79 Å². The monoisotopic (exact) mass is 267 g/mol. The minimum Gasteiger partial charge on any atom is -0.394 e. The molecule has 1 aliphatic heterocycles. The summed E-state index contributed by atoms with van der Waals surface area (Å²) in [6.07, 6.45) is 0. The van der Waals surface area contributed by atoms with Gasteiger partial charge in [-0.1, -0.05) is 13.8 Å². The Balaban J connectivity index is 2.42. The lowest BCUT2D eigenvalue weighted by molar-refractivity contribution is -0.121. The Morgan fingerprint density at radius 1 is 1.53 bits per heavy atom. The van der Waals surface area contributed by atoms with E-state index in [1.807, 2.05) is 25.8 Å². The predicted molar refractivity (Wildman–Crippen MR) is 72.9 cm³/mol. The lowest BCUT2D eigenvalue weighted by Crippen LogP contribution is -2.53. The van der Waals surface area contributed by atoms with E-state index in [4.69, 9.17) is 16.2 Å². The van der Waals surface area contributed by atoms with E-state index in [0.29, 0.717) is 18.8 Å². The maximum absolute atomic E-state index is 11.5. The molecule has 1 fully saturated rings. The van der Waals surface area contributed by atoms with Crippen LogP contribution in [-0.4, -0.2) is 41.5 Å². The summed E-state index contributed by atoms with van der Waals surface area (Å²) in [4.78, 5) is 13.4. The van der Waals surface area contributed by atoms with Gasteiger partial charge in [-0.05, 0) is 5.92 Å². The summed E-state index contributed by atoms with van der Waals surface area (Å²) < 4.78 is 7.03. The van der Waals surface area contributed by atoms with Gasteiger partial charge in [0.2, 0.25) is 5.91 Å². The largest absolute Gasteiger partial charge is 0.394 e. The molecule has 19 heavy (non-hydrogen) atoms. The molecule has 1 aromatic heterocycles. The standard InChI is InChI=1S/C12H21N5O2/c1-7(2)10-9(13)12(16(3)15-10)17-4-5-19-6-8(17)11(14)18/h7-8H,4-6,13H2,1-3H3,(H2,14,18). The molecule has 0 aromatic carbocycles. The highest BCUT2D eigenvalue weighted by Crippen LogP contribution is 2.32. The van der Waals surface area contributed by atoms with Crippen LogP contribution >= 0.6 is 0 Å². The van der Waals surface area contributed by atoms with E-state index in [0.717, 1.165) is 11.5 Å². The van der Waals surface area contributed by atoms with E-state index in [1.165, 1.54) is 0 Å². The minimum absolute atomic E-state index is 0.230. The fourth-order valence-corrected chi connectivity index (χ4v) is 2.41. The second-order valence-corrected chi connectivity index (χ2v) is 5.09. The zero-order chi connectivity index (χ0) is 14.2. The molecular weight excluding hydrogens is 246 g/mol. The van der Waals surface area contributed by atoms with Crippen molar-refractivity contribution >= 4 is 17.4 Å². The number of carbonyl (C=O) groups excluding carboxylic acids is 1. The summed E-state index contributed by atoms with van der Waals surface area (Å²) in [5.41, 5.74) is 13.1. The predicted octanol–water partition coefficient (Wildman–Crippen LogP) is -0.184. The number of nitrogens with zero attached hydrogens (tertiary/aromatic N) is 3. The van der Waals surface area contributed by atoms with Crippen LogP contribution in [0.1, 0.15) is 25.5 Å². The highest BCUT2D eigenvalue weighted by atomic mass is 16.5. The first-order valence-electron chi connectivity index (χ1n) is 6.39. The normalized spacial score (nSPS) is 20.0. The van der Waals surface area contributed by atoms with E-state index in [2.05, 4.69) is 5.10 Å². The van der Waals surface area contributed by atoms with Crippen molar-refractivity contribution in [3.05, 3.63) is 5.69 Å². The van der Waals surface area contributed by atoms with Crippen molar-refractivity contribution in [3.8, 4) is 0 Å². The van der Waals surface area contributed by atoms with Gasteiger partial charge in [0.05, 0.1) is 24.6 Å². The summed E-state index contributed by atoms with van der Waals surface area (Å²) >= 11 is 0. The van der Waals surface area contributed by atoms with Crippen LogP contribution in [0.5, 0.6) is 0 Å². The van der Waals surface area contributed by atoms with Crippen LogP contribution in [0.25, 0.3) is 0 Å². The Labute approximate surface area is 112 Å². The van der Waals surface area contributed by atoms with Gasteiger partial charge in [0.25, 0.3) is 0 Å².